The molecule has 2 aromatic rings. The van der Waals surface area contributed by atoms with Crippen molar-refractivity contribution in [3.63, 3.8) is 0 Å². The third-order valence-corrected chi connectivity index (χ3v) is 6.23. The van der Waals surface area contributed by atoms with Crippen molar-refractivity contribution in [1.29, 1.82) is 0 Å². The van der Waals surface area contributed by atoms with E-state index in [1.54, 1.807) is 4.90 Å². The van der Waals surface area contributed by atoms with Gasteiger partial charge in [0.2, 0.25) is 0 Å². The lowest BCUT2D eigenvalue weighted by Gasteiger charge is -2.33. The first-order valence-electron chi connectivity index (χ1n) is 11.8. The molecule has 2 aromatic carbocycles. The van der Waals surface area contributed by atoms with Crippen molar-refractivity contribution in [2.45, 2.75) is 6.54 Å². The van der Waals surface area contributed by atoms with E-state index in [4.69, 9.17) is 0 Å². The summed E-state index contributed by atoms with van der Waals surface area (Å²) in [5, 5.41) is 30.3. The van der Waals surface area contributed by atoms with Gasteiger partial charge in [0.05, 0.1) is 19.6 Å². The highest BCUT2D eigenvalue weighted by molar-refractivity contribution is 5.83. The summed E-state index contributed by atoms with van der Waals surface area (Å²) in [6.45, 7) is 4.14. The molecule has 0 aromatic heterocycles. The normalized spacial score (nSPS) is 18.1. The van der Waals surface area contributed by atoms with E-state index in [0.717, 1.165) is 16.3 Å². The van der Waals surface area contributed by atoms with Crippen LogP contribution in [0, 0.1) is 0 Å². The Bertz CT molecular complexity index is 984. The second kappa shape index (κ2) is 13.1. The summed E-state index contributed by atoms with van der Waals surface area (Å²) >= 11 is 0. The lowest BCUT2D eigenvalue weighted by molar-refractivity contribution is -0.140. The van der Waals surface area contributed by atoms with Gasteiger partial charge in [-0.2, -0.15) is 0 Å². The summed E-state index contributed by atoms with van der Waals surface area (Å²) in [6, 6.07) is 14.5. The highest BCUT2D eigenvalue weighted by atomic mass is 16.4. The highest BCUT2D eigenvalue weighted by Gasteiger charge is 2.20. The average molecular weight is 487 g/mol. The zero-order chi connectivity index (χ0) is 25.2. The van der Waals surface area contributed by atoms with Gasteiger partial charge in [0, 0.05) is 58.9 Å². The van der Waals surface area contributed by atoms with Crippen molar-refractivity contribution in [1.82, 2.24) is 19.6 Å². The standard InChI is InChI=1S/C25H34N4O6/c30-23(31)17-27-9-7-26(16-20-5-6-21-3-1-2-4-22(21)15-20)8-10-28(18-24(32)33)12-14-29(13-11-27)19-25(34)35/h1-6,15H,7-14,16-19H2,(H,30,31)(H,32,33)(H,34,35). The maximum absolute atomic E-state index is 11.4. The number of carboxylic acids is 3. The fourth-order valence-electron chi connectivity index (χ4n) is 4.38. The summed E-state index contributed by atoms with van der Waals surface area (Å²) < 4.78 is 0. The lowest BCUT2D eigenvalue weighted by Crippen LogP contribution is -2.48. The Hall–Kier alpha value is -3.05. The van der Waals surface area contributed by atoms with E-state index in [2.05, 4.69) is 35.2 Å². The molecule has 0 amide bonds. The minimum Gasteiger partial charge on any atom is -0.480 e. The summed E-state index contributed by atoms with van der Waals surface area (Å²) in [7, 11) is 0. The van der Waals surface area contributed by atoms with Crippen LogP contribution >= 0.6 is 0 Å². The fraction of sp³-hybridized carbons (Fsp3) is 0.480. The zero-order valence-corrected chi connectivity index (χ0v) is 19.9. The van der Waals surface area contributed by atoms with Crippen LogP contribution in [-0.4, -0.2) is 125 Å². The number of rotatable bonds is 8. The van der Waals surface area contributed by atoms with Gasteiger partial charge in [0.25, 0.3) is 0 Å². The lowest BCUT2D eigenvalue weighted by atomic mass is 10.1. The fourth-order valence-corrected chi connectivity index (χ4v) is 4.38. The minimum absolute atomic E-state index is 0.115. The first kappa shape index (κ1) is 26.6. The quantitative estimate of drug-likeness (QED) is 0.494. The molecule has 35 heavy (non-hydrogen) atoms. The van der Waals surface area contributed by atoms with Gasteiger partial charge >= 0.3 is 17.9 Å². The van der Waals surface area contributed by atoms with E-state index in [-0.39, 0.29) is 19.6 Å². The van der Waals surface area contributed by atoms with E-state index in [1.165, 1.54) is 0 Å². The first-order valence-corrected chi connectivity index (χ1v) is 11.8. The number of hydrogen-bond donors (Lipinski definition) is 3. The van der Waals surface area contributed by atoms with E-state index in [1.807, 2.05) is 21.9 Å². The molecular weight excluding hydrogens is 452 g/mol. The molecule has 1 saturated heterocycles. The molecule has 3 N–H and O–H groups in total. The molecule has 0 unspecified atom stereocenters. The third kappa shape index (κ3) is 9.25. The number of aliphatic carboxylic acids is 3. The van der Waals surface area contributed by atoms with Gasteiger partial charge in [-0.3, -0.25) is 34.0 Å². The molecule has 1 aliphatic rings. The van der Waals surface area contributed by atoms with Crippen LogP contribution in [0.3, 0.4) is 0 Å². The molecule has 10 nitrogen and oxygen atoms in total. The zero-order valence-electron chi connectivity index (χ0n) is 19.9. The van der Waals surface area contributed by atoms with Gasteiger partial charge < -0.3 is 15.3 Å². The van der Waals surface area contributed by atoms with Crippen molar-refractivity contribution in [3.8, 4) is 0 Å². The molecule has 1 fully saturated rings. The number of carbonyl (C=O) groups is 3. The first-order chi connectivity index (χ1) is 16.8. The summed E-state index contributed by atoms with van der Waals surface area (Å²) in [4.78, 5) is 41.8. The number of nitrogens with zero attached hydrogens (tertiary/aromatic N) is 4. The summed E-state index contributed by atoms with van der Waals surface area (Å²) in [6.07, 6.45) is 0. The van der Waals surface area contributed by atoms with E-state index >= 15 is 0 Å². The van der Waals surface area contributed by atoms with Gasteiger partial charge in [-0.25, -0.2) is 0 Å². The van der Waals surface area contributed by atoms with Gasteiger partial charge in [-0.15, -0.1) is 0 Å². The molecule has 0 aliphatic carbocycles. The number of fused-ring (bicyclic) bond motifs is 1. The Morgan fingerprint density at radius 2 is 0.971 bits per heavy atom. The van der Waals surface area contributed by atoms with Crippen molar-refractivity contribution >= 4 is 28.7 Å². The van der Waals surface area contributed by atoms with Crippen LogP contribution in [0.4, 0.5) is 0 Å². The second-order valence-electron chi connectivity index (χ2n) is 8.97. The van der Waals surface area contributed by atoms with Crippen molar-refractivity contribution in [2.75, 3.05) is 72.0 Å². The molecule has 0 saturated carbocycles. The molecule has 0 bridgehead atoms. The van der Waals surface area contributed by atoms with Gasteiger partial charge in [-0.05, 0) is 22.4 Å². The largest absolute Gasteiger partial charge is 0.480 e. The van der Waals surface area contributed by atoms with Crippen LogP contribution in [0.15, 0.2) is 42.5 Å². The maximum atomic E-state index is 11.4. The van der Waals surface area contributed by atoms with Gasteiger partial charge in [-0.1, -0.05) is 36.4 Å². The SMILES string of the molecule is O=C(O)CN1CCN(CC(=O)O)CCN(Cc2ccc3ccccc3c2)CCN(CC(=O)O)CC1. The predicted molar refractivity (Wildman–Crippen MR) is 131 cm³/mol. The van der Waals surface area contributed by atoms with Crippen molar-refractivity contribution < 1.29 is 29.7 Å². The topological polar surface area (TPSA) is 125 Å². The van der Waals surface area contributed by atoms with Crippen LogP contribution in [0.25, 0.3) is 10.8 Å². The average Bonchev–Trinajstić information content (AvgIpc) is 2.79. The summed E-state index contributed by atoms with van der Waals surface area (Å²) in [5.41, 5.74) is 1.14. The Balaban J connectivity index is 1.76. The number of hydrogen-bond acceptors (Lipinski definition) is 7. The smallest absolute Gasteiger partial charge is 0.317 e. The van der Waals surface area contributed by atoms with Crippen LogP contribution in [-0.2, 0) is 20.9 Å². The van der Waals surface area contributed by atoms with Crippen molar-refractivity contribution in [3.05, 3.63) is 48.0 Å². The van der Waals surface area contributed by atoms with E-state index in [0.29, 0.717) is 58.9 Å². The molecule has 190 valence electrons. The molecular formula is C25H34N4O6. The summed E-state index contributed by atoms with van der Waals surface area (Å²) in [5.74, 6) is -2.81. The monoisotopic (exact) mass is 486 g/mol. The van der Waals surface area contributed by atoms with Crippen LogP contribution < -0.4 is 0 Å². The van der Waals surface area contributed by atoms with Crippen molar-refractivity contribution in [2.24, 2.45) is 0 Å². The highest BCUT2D eigenvalue weighted by Crippen LogP contribution is 2.17. The van der Waals surface area contributed by atoms with Gasteiger partial charge in [0.15, 0.2) is 0 Å². The molecule has 0 atom stereocenters. The van der Waals surface area contributed by atoms with E-state index in [9.17, 15) is 29.7 Å². The Morgan fingerprint density at radius 3 is 1.40 bits per heavy atom. The van der Waals surface area contributed by atoms with Gasteiger partial charge in [0.1, 0.15) is 0 Å². The second-order valence-corrected chi connectivity index (χ2v) is 8.97. The Morgan fingerprint density at radius 1 is 0.571 bits per heavy atom. The van der Waals surface area contributed by atoms with Crippen LogP contribution in [0.1, 0.15) is 5.56 Å². The van der Waals surface area contributed by atoms with E-state index < -0.39 is 17.9 Å². The number of carboxylic acid groups (broad SMARTS) is 3. The molecule has 3 rings (SSSR count). The number of benzene rings is 2. The van der Waals surface area contributed by atoms with Crippen LogP contribution in [0.2, 0.25) is 0 Å². The molecule has 0 spiro atoms. The minimum atomic E-state index is -0.965. The molecule has 10 heteroatoms. The molecule has 1 heterocycles. The molecule has 1 aliphatic heterocycles. The third-order valence-electron chi connectivity index (χ3n) is 6.23. The maximum Gasteiger partial charge on any atom is 0.317 e. The molecule has 0 radical (unpaired) electrons. The van der Waals surface area contributed by atoms with Crippen LogP contribution in [0.5, 0.6) is 0 Å². The Labute approximate surface area is 204 Å². The Kier molecular flexibility index (Phi) is 9.98. The predicted octanol–water partition coefficient (Wildman–Crippen LogP) is 0.815.